The van der Waals surface area contributed by atoms with E-state index in [-0.39, 0.29) is 36.5 Å². The predicted octanol–water partition coefficient (Wildman–Crippen LogP) is 3.02. The Morgan fingerprint density at radius 2 is 1.90 bits per heavy atom. The maximum atomic E-state index is 13.0. The average molecular weight is 427 g/mol. The van der Waals surface area contributed by atoms with Gasteiger partial charge in [0.2, 0.25) is 5.91 Å². The molecule has 2 amide bonds. The number of piperidine rings is 1. The number of benzene rings is 1. The molecule has 168 valence electrons. The van der Waals surface area contributed by atoms with E-state index < -0.39 is 5.54 Å². The van der Waals surface area contributed by atoms with Crippen LogP contribution in [0.2, 0.25) is 0 Å². The Kier molecular flexibility index (Phi) is 6.13. The van der Waals surface area contributed by atoms with Crippen LogP contribution in [0.15, 0.2) is 30.3 Å². The molecule has 2 aliphatic heterocycles. The number of hydrogen-bond acceptors (Lipinski definition) is 5. The Bertz CT molecular complexity index is 784. The van der Waals surface area contributed by atoms with Crippen LogP contribution in [0.1, 0.15) is 62.8 Å². The summed E-state index contributed by atoms with van der Waals surface area (Å²) in [4.78, 5) is 27.4. The van der Waals surface area contributed by atoms with Crippen LogP contribution >= 0.6 is 0 Å². The van der Waals surface area contributed by atoms with E-state index in [1.807, 2.05) is 0 Å². The molecular weight excluding hydrogens is 392 g/mol. The minimum atomic E-state index is -0.603. The zero-order valence-electron chi connectivity index (χ0n) is 18.3. The summed E-state index contributed by atoms with van der Waals surface area (Å²) in [6, 6.07) is 10.7. The van der Waals surface area contributed by atoms with Crippen LogP contribution < -0.4 is 5.32 Å². The molecule has 1 aromatic carbocycles. The number of ether oxygens (including phenoxy) is 2. The molecule has 2 aliphatic carbocycles. The van der Waals surface area contributed by atoms with E-state index >= 15 is 0 Å². The maximum absolute atomic E-state index is 13.0. The fraction of sp³-hybridized carbons (Fsp3) is 0.680. The lowest BCUT2D eigenvalue weighted by atomic mass is 9.79. The number of hydrogen-bond donors (Lipinski definition) is 1. The lowest BCUT2D eigenvalue weighted by molar-refractivity contribution is -0.177. The molecule has 1 aromatic rings. The molecule has 1 N–H and O–H groups in total. The van der Waals surface area contributed by atoms with Gasteiger partial charge in [0, 0.05) is 5.92 Å². The molecule has 2 unspecified atom stereocenters. The monoisotopic (exact) mass is 426 g/mol. The zero-order chi connectivity index (χ0) is 21.3. The van der Waals surface area contributed by atoms with Gasteiger partial charge in [0.05, 0.1) is 30.9 Å². The molecule has 2 atom stereocenters. The first-order chi connectivity index (χ1) is 15.2. The topological polar surface area (TPSA) is 67.9 Å². The van der Waals surface area contributed by atoms with Crippen LogP contribution in [0.5, 0.6) is 0 Å². The number of amides is 2. The molecule has 2 heterocycles. The molecule has 2 saturated carbocycles. The van der Waals surface area contributed by atoms with Crippen molar-refractivity contribution in [3.63, 3.8) is 0 Å². The highest BCUT2D eigenvalue weighted by Gasteiger charge is 2.55. The number of carbonyl (C=O) groups excluding carboxylic acids is 2. The van der Waals surface area contributed by atoms with Gasteiger partial charge in [-0.3, -0.25) is 14.5 Å². The number of nitrogens with one attached hydrogen (secondary N) is 1. The van der Waals surface area contributed by atoms with Crippen molar-refractivity contribution in [3.8, 4) is 0 Å². The van der Waals surface area contributed by atoms with E-state index in [1.54, 1.807) is 4.90 Å². The molecule has 6 heteroatoms. The lowest BCUT2D eigenvalue weighted by Crippen LogP contribution is -2.73. The highest BCUT2D eigenvalue weighted by molar-refractivity contribution is 5.99. The second-order valence-electron chi connectivity index (χ2n) is 9.77. The zero-order valence-corrected chi connectivity index (χ0v) is 18.3. The summed E-state index contributed by atoms with van der Waals surface area (Å²) in [5, 5.41) is 3.57. The van der Waals surface area contributed by atoms with Crippen molar-refractivity contribution in [3.05, 3.63) is 35.9 Å². The van der Waals surface area contributed by atoms with Gasteiger partial charge in [0.1, 0.15) is 6.61 Å². The quantitative estimate of drug-likeness (QED) is 0.733. The van der Waals surface area contributed by atoms with E-state index in [0.29, 0.717) is 19.1 Å². The fourth-order valence-electron chi connectivity index (χ4n) is 5.76. The molecule has 31 heavy (non-hydrogen) atoms. The third-order valence-electron chi connectivity index (χ3n) is 7.69. The number of carbonyl (C=O) groups is 2. The first-order valence-electron chi connectivity index (χ1n) is 12.0. The van der Waals surface area contributed by atoms with Crippen molar-refractivity contribution < 1.29 is 19.1 Å². The van der Waals surface area contributed by atoms with E-state index in [4.69, 9.17) is 9.47 Å². The molecular formula is C25H34N2O4. The molecule has 0 aromatic heterocycles. The normalized spacial score (nSPS) is 34.1. The molecule has 4 fully saturated rings. The lowest BCUT2D eigenvalue weighted by Gasteiger charge is -2.52. The molecule has 0 radical (unpaired) electrons. The summed E-state index contributed by atoms with van der Waals surface area (Å²) in [5.74, 6) is 0.470. The van der Waals surface area contributed by atoms with Crippen molar-refractivity contribution in [2.45, 2.75) is 75.0 Å². The highest BCUT2D eigenvalue weighted by Crippen LogP contribution is 2.39. The summed E-state index contributed by atoms with van der Waals surface area (Å²) in [7, 11) is 0. The van der Waals surface area contributed by atoms with E-state index in [1.165, 1.54) is 5.56 Å². The molecule has 4 aliphatic rings. The summed E-state index contributed by atoms with van der Waals surface area (Å²) >= 11 is 0. The summed E-state index contributed by atoms with van der Waals surface area (Å²) in [6.07, 6.45) is 8.17. The Balaban J connectivity index is 1.23. The van der Waals surface area contributed by atoms with Crippen molar-refractivity contribution >= 4 is 11.8 Å². The molecule has 2 saturated heterocycles. The third kappa shape index (κ3) is 4.30. The minimum absolute atomic E-state index is 0.00497. The van der Waals surface area contributed by atoms with Gasteiger partial charge in [-0.2, -0.15) is 0 Å². The maximum Gasteiger partial charge on any atom is 0.255 e. The van der Waals surface area contributed by atoms with Gasteiger partial charge in [-0.05, 0) is 69.4 Å². The van der Waals surface area contributed by atoms with Crippen LogP contribution in [0, 0.1) is 5.92 Å². The van der Waals surface area contributed by atoms with Crippen molar-refractivity contribution in [2.75, 3.05) is 26.4 Å². The van der Waals surface area contributed by atoms with Gasteiger partial charge >= 0.3 is 0 Å². The number of nitrogens with zero attached hydrogens (tertiary/aromatic N) is 1. The van der Waals surface area contributed by atoms with Crippen molar-refractivity contribution in [1.82, 2.24) is 10.2 Å². The Hall–Kier alpha value is -1.76. The first-order valence-corrected chi connectivity index (χ1v) is 12.0. The Labute approximate surface area is 184 Å². The van der Waals surface area contributed by atoms with Gasteiger partial charge < -0.3 is 14.8 Å². The van der Waals surface area contributed by atoms with Gasteiger partial charge in [0.15, 0.2) is 0 Å². The van der Waals surface area contributed by atoms with Crippen LogP contribution in [0.25, 0.3) is 0 Å². The second-order valence-corrected chi connectivity index (χ2v) is 9.77. The van der Waals surface area contributed by atoms with Gasteiger partial charge in [-0.1, -0.05) is 30.3 Å². The first kappa shape index (κ1) is 21.1. The number of rotatable bonds is 5. The molecule has 6 nitrogen and oxygen atoms in total. The standard InChI is InChI=1S/C25H34N2O4/c28-23-16-30-17-25(27(23)24(29)20-7-8-20)13-4-14-26-22(25)15-31-21-11-9-19(10-12-21)18-5-2-1-3-6-18/h1-3,5-6,19-22,26H,4,7-17H2. The van der Waals surface area contributed by atoms with Crippen molar-refractivity contribution in [1.29, 1.82) is 0 Å². The third-order valence-corrected chi connectivity index (χ3v) is 7.69. The molecule has 1 spiro atoms. The van der Waals surface area contributed by atoms with Crippen LogP contribution in [0.4, 0.5) is 0 Å². The van der Waals surface area contributed by atoms with Crippen LogP contribution in [-0.2, 0) is 19.1 Å². The van der Waals surface area contributed by atoms with Gasteiger partial charge in [0.25, 0.3) is 5.91 Å². The van der Waals surface area contributed by atoms with Gasteiger partial charge in [-0.25, -0.2) is 0 Å². The highest BCUT2D eigenvalue weighted by atomic mass is 16.5. The van der Waals surface area contributed by atoms with Gasteiger partial charge in [-0.15, -0.1) is 0 Å². The van der Waals surface area contributed by atoms with E-state index in [9.17, 15) is 9.59 Å². The van der Waals surface area contributed by atoms with Crippen molar-refractivity contribution in [2.24, 2.45) is 5.92 Å². The second kappa shape index (κ2) is 9.00. The Morgan fingerprint density at radius 3 is 2.65 bits per heavy atom. The number of imide groups is 1. The SMILES string of the molecule is O=C1COCC2(CCCNC2COC2CCC(c3ccccc3)CC2)N1C(=O)C1CC1. The summed E-state index contributed by atoms with van der Waals surface area (Å²) in [6.45, 7) is 1.83. The smallest absolute Gasteiger partial charge is 0.255 e. The Morgan fingerprint density at radius 1 is 1.13 bits per heavy atom. The van der Waals surface area contributed by atoms with Crippen LogP contribution in [0.3, 0.4) is 0 Å². The largest absolute Gasteiger partial charge is 0.377 e. The minimum Gasteiger partial charge on any atom is -0.377 e. The fourth-order valence-corrected chi connectivity index (χ4v) is 5.76. The van der Waals surface area contributed by atoms with E-state index in [0.717, 1.165) is 57.9 Å². The molecule has 5 rings (SSSR count). The predicted molar refractivity (Wildman–Crippen MR) is 117 cm³/mol. The summed E-state index contributed by atoms with van der Waals surface area (Å²) in [5.41, 5.74) is 0.829. The molecule has 0 bridgehead atoms. The average Bonchev–Trinajstić information content (AvgIpc) is 3.65. The van der Waals surface area contributed by atoms with E-state index in [2.05, 4.69) is 35.6 Å². The number of morpholine rings is 1. The van der Waals surface area contributed by atoms with Crippen LogP contribution in [-0.4, -0.2) is 60.8 Å². The summed E-state index contributed by atoms with van der Waals surface area (Å²) < 4.78 is 12.1.